The summed E-state index contributed by atoms with van der Waals surface area (Å²) in [7, 11) is 1.79. The van der Waals surface area contributed by atoms with Crippen LogP contribution >= 0.6 is 46.4 Å². The summed E-state index contributed by atoms with van der Waals surface area (Å²) in [6, 6.07) is 1.74. The fourth-order valence-electron chi connectivity index (χ4n) is 1.96. The molecule has 1 aromatic heterocycles. The third kappa shape index (κ3) is 14.1. The van der Waals surface area contributed by atoms with Gasteiger partial charge in [-0.1, -0.05) is 51.4 Å². The number of halogens is 4. The van der Waals surface area contributed by atoms with Crippen molar-refractivity contribution in [2.24, 2.45) is 38.5 Å². The number of amidine groups is 2. The second-order valence-electron chi connectivity index (χ2n) is 6.47. The Balaban J connectivity index is 0.000000220. The minimum Gasteiger partial charge on any atom is -0.400 e. The van der Waals surface area contributed by atoms with Gasteiger partial charge in [0, 0.05) is 35.2 Å². The van der Waals surface area contributed by atoms with Crippen molar-refractivity contribution < 1.29 is 4.92 Å². The smallest absolute Gasteiger partial charge is 0.359 e. The van der Waals surface area contributed by atoms with Crippen LogP contribution in [-0.2, 0) is 7.05 Å². The fraction of sp³-hybridized carbons (Fsp3) is 0.250. The van der Waals surface area contributed by atoms with Crippen LogP contribution in [0, 0.1) is 10.1 Å². The van der Waals surface area contributed by atoms with E-state index in [4.69, 9.17) is 57.9 Å². The highest BCUT2D eigenvalue weighted by Gasteiger charge is 2.16. The molecule has 0 spiro atoms. The van der Waals surface area contributed by atoms with Crippen molar-refractivity contribution in [1.82, 2.24) is 9.78 Å². The molecule has 0 fully saturated rings. The Kier molecular flexibility index (Phi) is 14.3. The Morgan fingerprint density at radius 2 is 1.54 bits per heavy atom. The molecule has 15 heteroatoms. The molecule has 0 unspecified atom stereocenters. The van der Waals surface area contributed by atoms with Gasteiger partial charge in [0.05, 0.1) is 36.9 Å². The zero-order chi connectivity index (χ0) is 26.2. The van der Waals surface area contributed by atoms with Gasteiger partial charge in [0.1, 0.15) is 11.0 Å². The first-order valence-corrected chi connectivity index (χ1v) is 11.2. The van der Waals surface area contributed by atoms with Crippen molar-refractivity contribution in [2.45, 2.75) is 0 Å². The van der Waals surface area contributed by atoms with Gasteiger partial charge in [-0.05, 0) is 29.2 Å². The molecule has 0 aromatic carbocycles. The van der Waals surface area contributed by atoms with Crippen molar-refractivity contribution in [2.75, 3.05) is 26.2 Å². The lowest BCUT2D eigenvalue weighted by Gasteiger charge is -1.84. The van der Waals surface area contributed by atoms with Gasteiger partial charge in [-0.25, -0.2) is 0 Å². The number of hydrogen-bond acceptors (Lipinski definition) is 9. The van der Waals surface area contributed by atoms with E-state index in [1.807, 2.05) is 0 Å². The van der Waals surface area contributed by atoms with E-state index >= 15 is 0 Å². The molecule has 1 aromatic rings. The maximum absolute atomic E-state index is 9.92. The number of nitro groups is 1. The van der Waals surface area contributed by atoms with E-state index in [-0.39, 0.29) is 12.4 Å². The monoisotopic (exact) mass is 561 g/mol. The normalized spacial score (nSPS) is 16.4. The molecule has 5 heterocycles. The molecule has 11 nitrogen and oxygen atoms in total. The Morgan fingerprint density at radius 1 is 0.914 bits per heavy atom. The van der Waals surface area contributed by atoms with Crippen molar-refractivity contribution in [3.05, 3.63) is 72.6 Å². The van der Waals surface area contributed by atoms with Crippen LogP contribution in [0.15, 0.2) is 77.3 Å². The standard InChI is InChI=1S/C4H3ClN2O2.2C4H5ClN2.C4H4ClN.C4H6N2/c5-3-1-4(6-2-3)7(8)9;1-7-4(5)2-3-6-7;5-3-1-4(6)7-2-3;2*5-4-1-2-6-3-4/h1H,2H2;2-3H,1H3;1H,2H2,(H2,6,7);1-2H,3H2;1-2H,3,5H2. The Labute approximate surface area is 222 Å². The van der Waals surface area contributed by atoms with Gasteiger partial charge in [-0.2, -0.15) is 5.10 Å². The number of nitrogens with zero attached hydrogens (tertiary/aromatic N) is 7. The molecule has 0 radical (unpaired) electrons. The highest BCUT2D eigenvalue weighted by atomic mass is 35.5. The summed E-state index contributed by atoms with van der Waals surface area (Å²) in [5, 5.41) is 16.4. The predicted octanol–water partition coefficient (Wildman–Crippen LogP) is 3.46. The molecular weight excluding hydrogens is 540 g/mol. The van der Waals surface area contributed by atoms with Gasteiger partial charge in [0.2, 0.25) is 0 Å². The van der Waals surface area contributed by atoms with Crippen molar-refractivity contribution in [3.8, 4) is 0 Å². The molecule has 4 aliphatic heterocycles. The van der Waals surface area contributed by atoms with Gasteiger partial charge in [-0.15, -0.1) is 0 Å². The van der Waals surface area contributed by atoms with Crippen LogP contribution in [0.1, 0.15) is 0 Å². The van der Waals surface area contributed by atoms with Gasteiger partial charge >= 0.3 is 5.84 Å². The van der Waals surface area contributed by atoms with Crippen LogP contribution in [0.4, 0.5) is 0 Å². The van der Waals surface area contributed by atoms with Crippen molar-refractivity contribution in [1.29, 1.82) is 0 Å². The SMILES string of the molecule is ClC1=CC=NC1.Cn1nccc1Cl.NC1=CC=NC1.NC1=NCC(Cl)=C1.O=[N+]([O-])C1=NCC(Cl)=C1. The highest BCUT2D eigenvalue weighted by molar-refractivity contribution is 6.32. The van der Waals surface area contributed by atoms with E-state index in [0.29, 0.717) is 35.7 Å². The number of aliphatic imine (C=N–C) groups is 4. The van der Waals surface area contributed by atoms with E-state index in [1.54, 1.807) is 54.6 Å². The highest BCUT2D eigenvalue weighted by Crippen LogP contribution is 2.09. The molecular formula is C20H23Cl4N9O2. The van der Waals surface area contributed by atoms with E-state index in [0.717, 1.165) is 15.8 Å². The first-order chi connectivity index (χ1) is 16.6. The summed E-state index contributed by atoms with van der Waals surface area (Å²) in [6.45, 7) is 2.19. The fourth-order valence-corrected chi connectivity index (χ4v) is 2.51. The third-order valence-electron chi connectivity index (χ3n) is 3.61. The van der Waals surface area contributed by atoms with Crippen LogP contribution in [0.2, 0.25) is 5.15 Å². The topological polar surface area (TPSA) is 162 Å². The van der Waals surface area contributed by atoms with Gasteiger partial charge < -0.3 is 21.6 Å². The average Bonchev–Trinajstić information content (AvgIpc) is 3.63. The number of nitrogens with two attached hydrogens (primary N) is 2. The predicted molar refractivity (Wildman–Crippen MR) is 145 cm³/mol. The quantitative estimate of drug-likeness (QED) is 0.364. The Hall–Kier alpha value is -2.99. The van der Waals surface area contributed by atoms with Crippen LogP contribution in [-0.4, -0.2) is 65.0 Å². The summed E-state index contributed by atoms with van der Waals surface area (Å²) in [6.07, 6.45) is 11.6. The summed E-state index contributed by atoms with van der Waals surface area (Å²) < 4.78 is 1.60. The van der Waals surface area contributed by atoms with Gasteiger partial charge in [0.15, 0.2) is 6.54 Å². The van der Waals surface area contributed by atoms with Crippen LogP contribution in [0.5, 0.6) is 0 Å². The Bertz CT molecular complexity index is 1070. The lowest BCUT2D eigenvalue weighted by atomic mass is 10.5. The van der Waals surface area contributed by atoms with Crippen LogP contribution in [0.3, 0.4) is 0 Å². The molecule has 4 N–H and O–H groups in total. The van der Waals surface area contributed by atoms with Crippen LogP contribution in [0.25, 0.3) is 0 Å². The summed E-state index contributed by atoms with van der Waals surface area (Å²) in [5.41, 5.74) is 11.3. The van der Waals surface area contributed by atoms with E-state index < -0.39 is 4.92 Å². The molecule has 0 saturated carbocycles. The number of rotatable bonds is 0. The lowest BCUT2D eigenvalue weighted by molar-refractivity contribution is -0.348. The largest absolute Gasteiger partial charge is 0.400 e. The van der Waals surface area contributed by atoms with Gasteiger partial charge in [-0.3, -0.25) is 19.7 Å². The molecule has 0 amide bonds. The summed E-state index contributed by atoms with van der Waals surface area (Å²) in [5.74, 6) is 0.380. The molecule has 0 saturated heterocycles. The third-order valence-corrected chi connectivity index (χ3v) is 4.69. The first kappa shape index (κ1) is 30.0. The average molecular weight is 563 g/mol. The number of allylic oxidation sites excluding steroid dienone is 2. The lowest BCUT2D eigenvalue weighted by Crippen LogP contribution is -2.05. The molecule has 0 atom stereocenters. The number of aryl methyl sites for hydroxylation is 1. The van der Waals surface area contributed by atoms with E-state index in [2.05, 4.69) is 25.1 Å². The molecule has 5 rings (SSSR count). The first-order valence-electron chi connectivity index (χ1n) is 9.71. The maximum Gasteiger partial charge on any atom is 0.359 e. The summed E-state index contributed by atoms with van der Waals surface area (Å²) in [4.78, 5) is 24.3. The molecule has 35 heavy (non-hydrogen) atoms. The zero-order valence-electron chi connectivity index (χ0n) is 18.6. The van der Waals surface area contributed by atoms with Crippen LogP contribution < -0.4 is 11.5 Å². The molecule has 188 valence electrons. The van der Waals surface area contributed by atoms with E-state index in [9.17, 15) is 10.1 Å². The molecule has 4 aliphatic rings. The molecule has 0 bridgehead atoms. The second kappa shape index (κ2) is 16.6. The Morgan fingerprint density at radius 3 is 1.71 bits per heavy atom. The summed E-state index contributed by atoms with van der Waals surface area (Å²) >= 11 is 21.8. The maximum atomic E-state index is 9.92. The van der Waals surface area contributed by atoms with E-state index in [1.165, 1.54) is 6.08 Å². The minimum absolute atomic E-state index is 0.153. The van der Waals surface area contributed by atoms with Crippen molar-refractivity contribution >= 4 is 70.5 Å². The number of aromatic nitrogens is 2. The zero-order valence-corrected chi connectivity index (χ0v) is 21.6. The second-order valence-corrected chi connectivity index (χ2v) is 8.31. The van der Waals surface area contributed by atoms with Gasteiger partial charge in [0.25, 0.3) is 0 Å². The minimum atomic E-state index is -0.560. The van der Waals surface area contributed by atoms with Crippen molar-refractivity contribution in [3.63, 3.8) is 0 Å². The molecule has 0 aliphatic carbocycles. The number of hydrogen-bond donors (Lipinski definition) is 2.